The van der Waals surface area contributed by atoms with Crippen molar-refractivity contribution < 1.29 is 14.9 Å². The molecule has 0 fully saturated rings. The van der Waals surface area contributed by atoms with Gasteiger partial charge in [0.2, 0.25) is 0 Å². The third-order valence-electron chi connectivity index (χ3n) is 6.78. The second kappa shape index (κ2) is 6.15. The standard InChI is InChI=1S/C23H24N2O4/c1-4-13-14-8-12(26)6-7-18(14)24-20-15(13)10-25-19(20)9-17-16(21(25)27)11-29-22(28)23(17,3)5-2/h6-9,22,26,28H,4-5,10-11H2,1-3H3/t22?,23-/m1/s1. The van der Waals surface area contributed by atoms with Crippen LogP contribution in [0.15, 0.2) is 29.1 Å². The lowest BCUT2D eigenvalue weighted by Crippen LogP contribution is -2.45. The number of aliphatic hydroxyl groups is 1. The molecule has 0 saturated carbocycles. The van der Waals surface area contributed by atoms with Crippen molar-refractivity contribution in [3.63, 3.8) is 0 Å². The predicted octanol–water partition coefficient (Wildman–Crippen LogP) is 3.21. The molecule has 4 heterocycles. The fourth-order valence-corrected chi connectivity index (χ4v) is 4.84. The molecule has 3 aromatic rings. The zero-order chi connectivity index (χ0) is 20.5. The molecular formula is C23H24N2O4. The van der Waals surface area contributed by atoms with Crippen LogP contribution < -0.4 is 5.56 Å². The quantitative estimate of drug-likeness (QED) is 0.547. The lowest BCUT2D eigenvalue weighted by Gasteiger charge is -2.39. The minimum Gasteiger partial charge on any atom is -0.508 e. The van der Waals surface area contributed by atoms with E-state index in [4.69, 9.17) is 9.72 Å². The summed E-state index contributed by atoms with van der Waals surface area (Å²) in [4.78, 5) is 18.2. The van der Waals surface area contributed by atoms with Gasteiger partial charge in [0.25, 0.3) is 5.56 Å². The summed E-state index contributed by atoms with van der Waals surface area (Å²) in [6, 6.07) is 7.22. The molecule has 0 aliphatic carbocycles. The highest BCUT2D eigenvalue weighted by Gasteiger charge is 2.42. The van der Waals surface area contributed by atoms with E-state index in [1.807, 2.05) is 26.0 Å². The number of nitrogens with zero attached hydrogens (tertiary/aromatic N) is 2. The number of aromatic hydroxyl groups is 1. The molecule has 0 bridgehead atoms. The molecule has 0 radical (unpaired) electrons. The van der Waals surface area contributed by atoms with Crippen molar-refractivity contribution in [1.29, 1.82) is 0 Å². The first-order chi connectivity index (χ1) is 13.9. The van der Waals surface area contributed by atoms with Gasteiger partial charge >= 0.3 is 0 Å². The first-order valence-corrected chi connectivity index (χ1v) is 10.1. The van der Waals surface area contributed by atoms with Crippen LogP contribution in [0, 0.1) is 0 Å². The number of aromatic nitrogens is 2. The van der Waals surface area contributed by atoms with Crippen molar-refractivity contribution in [2.75, 3.05) is 0 Å². The number of hydrogen-bond donors (Lipinski definition) is 2. The Hall–Kier alpha value is -2.70. The number of phenols is 1. The number of phenolic OH excluding ortho intramolecular Hbond substituents is 1. The predicted molar refractivity (Wildman–Crippen MR) is 110 cm³/mol. The summed E-state index contributed by atoms with van der Waals surface area (Å²) in [6.07, 6.45) is 0.491. The van der Waals surface area contributed by atoms with Gasteiger partial charge in [0, 0.05) is 21.9 Å². The summed E-state index contributed by atoms with van der Waals surface area (Å²) in [5.41, 5.74) is 5.32. The molecule has 2 aliphatic rings. The molecule has 1 unspecified atom stereocenters. The highest BCUT2D eigenvalue weighted by atomic mass is 16.6. The first kappa shape index (κ1) is 18.3. The van der Waals surface area contributed by atoms with E-state index in [1.165, 1.54) is 0 Å². The average Bonchev–Trinajstić information content (AvgIpc) is 3.08. The normalized spacial score (nSPS) is 22.4. The third kappa shape index (κ3) is 2.36. The molecule has 5 rings (SSSR count). The summed E-state index contributed by atoms with van der Waals surface area (Å²) in [6.45, 7) is 6.59. The van der Waals surface area contributed by atoms with Crippen molar-refractivity contribution in [3.8, 4) is 17.1 Å². The number of pyridine rings is 2. The Morgan fingerprint density at radius 3 is 2.79 bits per heavy atom. The van der Waals surface area contributed by atoms with Crippen LogP contribution in [0.25, 0.3) is 22.3 Å². The van der Waals surface area contributed by atoms with Crippen LogP contribution in [0.5, 0.6) is 5.75 Å². The Bertz CT molecular complexity index is 1230. The summed E-state index contributed by atoms with van der Waals surface area (Å²) >= 11 is 0. The fraction of sp³-hybridized carbons (Fsp3) is 0.391. The van der Waals surface area contributed by atoms with Crippen molar-refractivity contribution in [3.05, 3.63) is 56.9 Å². The van der Waals surface area contributed by atoms with Gasteiger partial charge in [-0.05, 0) is 48.2 Å². The van der Waals surface area contributed by atoms with Gasteiger partial charge in [-0.1, -0.05) is 20.8 Å². The average molecular weight is 392 g/mol. The van der Waals surface area contributed by atoms with Gasteiger partial charge in [0.15, 0.2) is 6.29 Å². The minimum absolute atomic E-state index is 0.0731. The molecule has 2 atom stereocenters. The number of rotatable bonds is 2. The number of aryl methyl sites for hydroxylation is 1. The van der Waals surface area contributed by atoms with Gasteiger partial charge < -0.3 is 19.5 Å². The first-order valence-electron chi connectivity index (χ1n) is 10.1. The maximum atomic E-state index is 13.4. The van der Waals surface area contributed by atoms with Gasteiger partial charge in [-0.2, -0.15) is 0 Å². The summed E-state index contributed by atoms with van der Waals surface area (Å²) in [5.74, 6) is 0.210. The molecule has 0 saturated heterocycles. The molecule has 2 N–H and O–H groups in total. The molecule has 0 spiro atoms. The molecule has 150 valence electrons. The molecule has 2 aliphatic heterocycles. The van der Waals surface area contributed by atoms with E-state index in [0.29, 0.717) is 18.5 Å². The van der Waals surface area contributed by atoms with Gasteiger partial charge in [-0.3, -0.25) is 4.79 Å². The summed E-state index contributed by atoms with van der Waals surface area (Å²) in [5, 5.41) is 21.4. The van der Waals surface area contributed by atoms with Gasteiger partial charge in [0.1, 0.15) is 5.75 Å². The zero-order valence-corrected chi connectivity index (χ0v) is 16.8. The minimum atomic E-state index is -0.943. The van der Waals surface area contributed by atoms with E-state index in [9.17, 15) is 15.0 Å². The van der Waals surface area contributed by atoms with Crippen LogP contribution >= 0.6 is 0 Å². The van der Waals surface area contributed by atoms with Crippen LogP contribution in [-0.2, 0) is 29.7 Å². The highest BCUT2D eigenvalue weighted by Crippen LogP contribution is 2.42. The number of fused-ring (bicyclic) bond motifs is 5. The largest absolute Gasteiger partial charge is 0.508 e. The van der Waals surface area contributed by atoms with E-state index >= 15 is 0 Å². The van der Waals surface area contributed by atoms with E-state index in [2.05, 4.69) is 6.92 Å². The molecule has 1 aromatic carbocycles. The topological polar surface area (TPSA) is 84.6 Å². The van der Waals surface area contributed by atoms with Gasteiger partial charge in [-0.15, -0.1) is 0 Å². The van der Waals surface area contributed by atoms with Crippen LogP contribution in [0.3, 0.4) is 0 Å². The van der Waals surface area contributed by atoms with E-state index in [0.717, 1.165) is 45.4 Å². The van der Waals surface area contributed by atoms with Crippen LogP contribution in [0.1, 0.15) is 49.4 Å². The smallest absolute Gasteiger partial charge is 0.257 e. The van der Waals surface area contributed by atoms with E-state index in [-0.39, 0.29) is 17.9 Å². The summed E-state index contributed by atoms with van der Waals surface area (Å²) in [7, 11) is 0. The van der Waals surface area contributed by atoms with Crippen molar-refractivity contribution in [2.45, 2.75) is 58.5 Å². The lowest BCUT2D eigenvalue weighted by molar-refractivity contribution is -0.163. The molecule has 0 amide bonds. The Balaban J connectivity index is 1.83. The second-order valence-corrected chi connectivity index (χ2v) is 8.22. The van der Waals surface area contributed by atoms with E-state index < -0.39 is 11.7 Å². The zero-order valence-electron chi connectivity index (χ0n) is 16.8. The number of hydrogen-bond acceptors (Lipinski definition) is 5. The number of benzene rings is 1. The Morgan fingerprint density at radius 1 is 1.28 bits per heavy atom. The molecule has 29 heavy (non-hydrogen) atoms. The Kier molecular flexibility index (Phi) is 3.89. The molecular weight excluding hydrogens is 368 g/mol. The third-order valence-corrected chi connectivity index (χ3v) is 6.78. The van der Waals surface area contributed by atoms with Crippen molar-refractivity contribution in [2.24, 2.45) is 0 Å². The monoisotopic (exact) mass is 392 g/mol. The lowest BCUT2D eigenvalue weighted by atomic mass is 9.76. The summed E-state index contributed by atoms with van der Waals surface area (Å²) < 4.78 is 7.32. The molecule has 2 aromatic heterocycles. The van der Waals surface area contributed by atoms with Crippen molar-refractivity contribution in [1.82, 2.24) is 9.55 Å². The molecule has 6 nitrogen and oxygen atoms in total. The second-order valence-electron chi connectivity index (χ2n) is 8.22. The SMILES string of the molecule is CCc1c2c(nc3ccc(O)cc13)-c1cc3c(c(=O)n1C2)COC(O)[C@]3(C)CC. The highest BCUT2D eigenvalue weighted by molar-refractivity contribution is 5.89. The molecule has 6 heteroatoms. The number of ether oxygens (including phenoxy) is 1. The number of aliphatic hydroxyl groups excluding tert-OH is 1. The Labute approximate surface area is 168 Å². The maximum absolute atomic E-state index is 13.4. The van der Waals surface area contributed by atoms with Gasteiger partial charge in [0.05, 0.1) is 30.1 Å². The van der Waals surface area contributed by atoms with Gasteiger partial charge in [-0.25, -0.2) is 4.98 Å². The van der Waals surface area contributed by atoms with Crippen molar-refractivity contribution >= 4 is 10.9 Å². The van der Waals surface area contributed by atoms with Crippen LogP contribution in [0.2, 0.25) is 0 Å². The van der Waals surface area contributed by atoms with Crippen LogP contribution in [0.4, 0.5) is 0 Å². The Morgan fingerprint density at radius 2 is 2.07 bits per heavy atom. The fourth-order valence-electron chi connectivity index (χ4n) is 4.84. The van der Waals surface area contributed by atoms with Crippen LogP contribution in [-0.4, -0.2) is 26.1 Å². The maximum Gasteiger partial charge on any atom is 0.257 e. The van der Waals surface area contributed by atoms with E-state index in [1.54, 1.807) is 16.7 Å².